The third-order valence-electron chi connectivity index (χ3n) is 10.7. The minimum absolute atomic E-state index is 0.899. The number of anilines is 3. The fraction of sp³-hybridized carbons (Fsp3) is 0. The monoisotopic (exact) mass is 704 g/mol. The van der Waals surface area contributed by atoms with Crippen LogP contribution in [0.4, 0.5) is 17.1 Å². The van der Waals surface area contributed by atoms with E-state index < -0.39 is 0 Å². The second-order valence-electron chi connectivity index (χ2n) is 13.8. The molecule has 0 saturated carbocycles. The van der Waals surface area contributed by atoms with Crippen LogP contribution in [-0.2, 0) is 0 Å². The summed E-state index contributed by atoms with van der Waals surface area (Å²) in [5.41, 5.74) is 12.6. The highest BCUT2D eigenvalue weighted by Gasteiger charge is 2.19. The van der Waals surface area contributed by atoms with Crippen LogP contribution in [0.1, 0.15) is 0 Å². The van der Waals surface area contributed by atoms with Gasteiger partial charge >= 0.3 is 0 Å². The molecule has 0 aliphatic heterocycles. The molecule has 0 fully saturated rings. The maximum absolute atomic E-state index is 6.39. The summed E-state index contributed by atoms with van der Waals surface area (Å²) < 4.78 is 8.64. The van der Waals surface area contributed by atoms with E-state index in [4.69, 9.17) is 9.40 Å². The van der Waals surface area contributed by atoms with Crippen molar-refractivity contribution in [1.29, 1.82) is 0 Å². The molecule has 55 heavy (non-hydrogen) atoms. The number of rotatable bonds is 6. The van der Waals surface area contributed by atoms with E-state index >= 15 is 0 Å². The maximum atomic E-state index is 6.39. The molecule has 4 aromatic heterocycles. The first-order valence-corrected chi connectivity index (χ1v) is 18.5. The number of hydrogen-bond acceptors (Lipinski definition) is 4. The van der Waals surface area contributed by atoms with Crippen LogP contribution in [0.2, 0.25) is 0 Å². The minimum Gasteiger partial charge on any atom is -0.455 e. The van der Waals surface area contributed by atoms with Crippen molar-refractivity contribution in [2.45, 2.75) is 0 Å². The smallest absolute Gasteiger partial charge is 0.143 e. The van der Waals surface area contributed by atoms with Crippen LogP contribution < -0.4 is 4.90 Å². The predicted octanol–water partition coefficient (Wildman–Crippen LogP) is 13.4. The summed E-state index contributed by atoms with van der Waals surface area (Å²) in [6.07, 6.45) is 3.71. The Labute approximate surface area is 317 Å². The Hall–Kier alpha value is -7.50. The van der Waals surface area contributed by atoms with Gasteiger partial charge in [-0.25, -0.2) is 4.98 Å². The second kappa shape index (κ2) is 12.6. The number of hydrogen-bond donors (Lipinski definition) is 0. The van der Waals surface area contributed by atoms with Gasteiger partial charge in [0.25, 0.3) is 0 Å². The molecule has 5 heteroatoms. The Morgan fingerprint density at radius 1 is 0.455 bits per heavy atom. The zero-order chi connectivity index (χ0) is 36.3. The highest BCUT2D eigenvalue weighted by Crippen LogP contribution is 2.42. The molecule has 0 amide bonds. The van der Waals surface area contributed by atoms with Gasteiger partial charge in [-0.1, -0.05) is 109 Å². The molecule has 258 valence electrons. The summed E-state index contributed by atoms with van der Waals surface area (Å²) in [4.78, 5) is 11.8. The molecule has 7 aromatic carbocycles. The summed E-state index contributed by atoms with van der Waals surface area (Å²) in [7, 11) is 0. The van der Waals surface area contributed by atoms with E-state index in [9.17, 15) is 0 Å². The van der Waals surface area contributed by atoms with Crippen LogP contribution in [0, 0.1) is 0 Å². The first kappa shape index (κ1) is 31.1. The largest absolute Gasteiger partial charge is 0.455 e. The minimum atomic E-state index is 0.899. The van der Waals surface area contributed by atoms with Crippen LogP contribution in [0.15, 0.2) is 199 Å². The zero-order valence-corrected chi connectivity index (χ0v) is 29.7. The molecular weight excluding hydrogens is 673 g/mol. The van der Waals surface area contributed by atoms with Gasteiger partial charge in [0.2, 0.25) is 0 Å². The molecule has 11 aromatic rings. The van der Waals surface area contributed by atoms with Crippen molar-refractivity contribution in [1.82, 2.24) is 14.5 Å². The summed E-state index contributed by atoms with van der Waals surface area (Å²) in [5.74, 6) is 0.911. The fourth-order valence-corrected chi connectivity index (χ4v) is 8.15. The SMILES string of the molecule is c1ccc(-n2c3ccccc3c3cc(-c4ccc(N(c5ccc(-c6cccc7c6oc6ccccc67)cc5)c5cccc6cccnc56)cc4)ccc32)nc1. The molecule has 0 saturated heterocycles. The Balaban J connectivity index is 1.01. The molecule has 0 aliphatic rings. The topological polar surface area (TPSA) is 47.1 Å². The van der Waals surface area contributed by atoms with Crippen molar-refractivity contribution in [3.8, 4) is 28.1 Å². The first-order chi connectivity index (χ1) is 27.3. The summed E-state index contributed by atoms with van der Waals surface area (Å²) in [6, 6.07) is 64.1. The van der Waals surface area contributed by atoms with Gasteiger partial charge in [-0.15, -0.1) is 0 Å². The number of para-hydroxylation sites is 4. The fourth-order valence-electron chi connectivity index (χ4n) is 8.15. The van der Waals surface area contributed by atoms with Gasteiger partial charge in [0.1, 0.15) is 17.0 Å². The van der Waals surface area contributed by atoms with Crippen molar-refractivity contribution < 1.29 is 4.42 Å². The van der Waals surface area contributed by atoms with E-state index in [1.807, 2.05) is 42.7 Å². The van der Waals surface area contributed by atoms with Crippen molar-refractivity contribution in [2.24, 2.45) is 0 Å². The van der Waals surface area contributed by atoms with Gasteiger partial charge in [0.15, 0.2) is 0 Å². The number of furan rings is 1. The summed E-state index contributed by atoms with van der Waals surface area (Å²) in [6.45, 7) is 0. The molecule has 11 rings (SSSR count). The third-order valence-corrected chi connectivity index (χ3v) is 10.7. The molecule has 0 N–H and O–H groups in total. The van der Waals surface area contributed by atoms with Gasteiger partial charge in [0, 0.05) is 56.3 Å². The van der Waals surface area contributed by atoms with E-state index in [-0.39, 0.29) is 0 Å². The summed E-state index contributed by atoms with van der Waals surface area (Å²) in [5, 5.41) is 5.75. The van der Waals surface area contributed by atoms with Crippen molar-refractivity contribution in [3.63, 3.8) is 0 Å². The zero-order valence-electron chi connectivity index (χ0n) is 29.7. The standard InChI is InChI=1S/C50H32N4O/c1-3-16-44-40(12-1)43-32-36(24-29-45(43)54(44)48-19-5-6-30-51-48)33-20-25-37(26-21-33)53(46-17-7-10-35-11-9-31-52-49(35)46)38-27-22-34(23-28-38)39-14-8-15-42-41-13-2-4-18-47(41)55-50(39)42/h1-32H. The van der Waals surface area contributed by atoms with Crippen LogP contribution in [0.3, 0.4) is 0 Å². The van der Waals surface area contributed by atoms with E-state index in [0.717, 1.165) is 89.0 Å². The third kappa shape index (κ3) is 5.09. The van der Waals surface area contributed by atoms with Crippen molar-refractivity contribution in [2.75, 3.05) is 4.90 Å². The second-order valence-corrected chi connectivity index (χ2v) is 13.8. The quantitative estimate of drug-likeness (QED) is 0.173. The molecule has 0 radical (unpaired) electrons. The highest BCUT2D eigenvalue weighted by molar-refractivity contribution is 6.11. The van der Waals surface area contributed by atoms with Gasteiger partial charge in [-0.05, 0) is 89.5 Å². The van der Waals surface area contributed by atoms with Crippen LogP contribution in [-0.4, -0.2) is 14.5 Å². The number of benzene rings is 7. The average Bonchev–Trinajstić information content (AvgIpc) is 3.80. The number of nitrogens with zero attached hydrogens (tertiary/aromatic N) is 4. The van der Waals surface area contributed by atoms with E-state index in [1.165, 1.54) is 10.8 Å². The molecule has 4 heterocycles. The number of fused-ring (bicyclic) bond motifs is 7. The van der Waals surface area contributed by atoms with Crippen molar-refractivity contribution >= 4 is 71.7 Å². The molecule has 0 spiro atoms. The molecule has 0 unspecified atom stereocenters. The Kier molecular flexibility index (Phi) is 7.10. The molecule has 0 aliphatic carbocycles. The Morgan fingerprint density at radius 3 is 1.96 bits per heavy atom. The average molecular weight is 705 g/mol. The van der Waals surface area contributed by atoms with Gasteiger partial charge in [0.05, 0.1) is 22.2 Å². The number of aromatic nitrogens is 3. The van der Waals surface area contributed by atoms with Gasteiger partial charge in [-0.2, -0.15) is 0 Å². The van der Waals surface area contributed by atoms with Gasteiger partial charge < -0.3 is 9.32 Å². The summed E-state index contributed by atoms with van der Waals surface area (Å²) >= 11 is 0. The van der Waals surface area contributed by atoms with E-state index in [2.05, 4.69) is 166 Å². The van der Waals surface area contributed by atoms with E-state index in [0.29, 0.717) is 0 Å². The molecule has 0 atom stereocenters. The lowest BCUT2D eigenvalue weighted by Crippen LogP contribution is -2.10. The van der Waals surface area contributed by atoms with Gasteiger partial charge in [-0.3, -0.25) is 9.55 Å². The van der Waals surface area contributed by atoms with E-state index in [1.54, 1.807) is 0 Å². The highest BCUT2D eigenvalue weighted by atomic mass is 16.3. The lowest BCUT2D eigenvalue weighted by Gasteiger charge is -2.26. The lowest BCUT2D eigenvalue weighted by atomic mass is 10.0. The van der Waals surface area contributed by atoms with Crippen LogP contribution >= 0.6 is 0 Å². The van der Waals surface area contributed by atoms with Crippen LogP contribution in [0.5, 0.6) is 0 Å². The molecular formula is C50H32N4O. The Bertz CT molecular complexity index is 3190. The first-order valence-electron chi connectivity index (χ1n) is 18.5. The van der Waals surface area contributed by atoms with Crippen LogP contribution in [0.25, 0.3) is 82.7 Å². The van der Waals surface area contributed by atoms with Crippen molar-refractivity contribution in [3.05, 3.63) is 194 Å². The Morgan fingerprint density at radius 2 is 1.13 bits per heavy atom. The normalized spacial score (nSPS) is 11.6. The molecule has 5 nitrogen and oxygen atoms in total. The predicted molar refractivity (Wildman–Crippen MR) is 227 cm³/mol. The lowest BCUT2D eigenvalue weighted by molar-refractivity contribution is 0.670. The maximum Gasteiger partial charge on any atom is 0.143 e. The molecule has 0 bridgehead atoms. The number of pyridine rings is 2.